The van der Waals surface area contributed by atoms with Crippen LogP contribution in [0, 0.1) is 17.8 Å². The van der Waals surface area contributed by atoms with Gasteiger partial charge in [-0.1, -0.05) is 12.0 Å². The summed E-state index contributed by atoms with van der Waals surface area (Å²) in [6.07, 6.45) is 7.61. The molecule has 27 heavy (non-hydrogen) atoms. The van der Waals surface area contributed by atoms with E-state index >= 15 is 0 Å². The van der Waals surface area contributed by atoms with Crippen LogP contribution in [0.3, 0.4) is 0 Å². The summed E-state index contributed by atoms with van der Waals surface area (Å²) in [7, 11) is 0. The third kappa shape index (κ3) is 5.59. The Hall–Kier alpha value is -1.79. The van der Waals surface area contributed by atoms with Gasteiger partial charge < -0.3 is 20.3 Å². The number of ether oxygens (including phenoxy) is 1. The molecule has 2 aliphatic rings. The van der Waals surface area contributed by atoms with Crippen LogP contribution < -0.4 is 10.6 Å². The molecule has 1 aromatic carbocycles. The molecular formula is C20H27IN4O2. The first kappa shape index (κ1) is 21.5. The number of nitrogens with zero attached hydrogens (tertiary/aromatic N) is 2. The van der Waals surface area contributed by atoms with E-state index in [1.54, 1.807) is 6.07 Å². The Kier molecular flexibility index (Phi) is 7.92. The number of rotatable bonds is 4. The molecule has 0 saturated carbocycles. The second-order valence-electron chi connectivity index (χ2n) is 6.92. The first-order chi connectivity index (χ1) is 12.6. The summed E-state index contributed by atoms with van der Waals surface area (Å²) in [5.41, 5.74) is 1.68. The first-order valence-electron chi connectivity index (χ1n) is 9.12. The Bertz CT molecular complexity index is 723. The molecule has 7 heteroatoms. The quantitative estimate of drug-likeness (QED) is 0.299. The third-order valence-corrected chi connectivity index (χ3v) is 4.94. The average Bonchev–Trinajstić information content (AvgIpc) is 3.29. The van der Waals surface area contributed by atoms with Crippen LogP contribution in [0.1, 0.15) is 25.3 Å². The molecule has 1 aromatic rings. The van der Waals surface area contributed by atoms with Gasteiger partial charge in [0, 0.05) is 42.9 Å². The van der Waals surface area contributed by atoms with Gasteiger partial charge in [0.05, 0.1) is 6.61 Å². The number of nitrogens with one attached hydrogen (secondary N) is 2. The number of terminal acetylenes is 1. The summed E-state index contributed by atoms with van der Waals surface area (Å²) in [4.78, 5) is 19.0. The number of benzene rings is 1. The number of carbonyl (C=O) groups is 1. The lowest BCUT2D eigenvalue weighted by atomic mass is 9.87. The zero-order chi connectivity index (χ0) is 18.4. The summed E-state index contributed by atoms with van der Waals surface area (Å²) >= 11 is 0. The minimum Gasteiger partial charge on any atom is -0.381 e. The van der Waals surface area contributed by atoms with Gasteiger partial charge >= 0.3 is 0 Å². The fourth-order valence-corrected chi connectivity index (χ4v) is 3.55. The smallest absolute Gasteiger partial charge is 0.246 e. The Morgan fingerprint density at radius 3 is 3.00 bits per heavy atom. The van der Waals surface area contributed by atoms with Gasteiger partial charge in [0.1, 0.15) is 6.54 Å². The van der Waals surface area contributed by atoms with Crippen LogP contribution in [0.5, 0.6) is 0 Å². The van der Waals surface area contributed by atoms with Gasteiger partial charge in [0.25, 0.3) is 0 Å². The maximum atomic E-state index is 12.2. The van der Waals surface area contributed by atoms with Crippen molar-refractivity contribution < 1.29 is 9.53 Å². The Morgan fingerprint density at radius 2 is 2.30 bits per heavy atom. The van der Waals surface area contributed by atoms with E-state index in [4.69, 9.17) is 11.2 Å². The predicted octanol–water partition coefficient (Wildman–Crippen LogP) is 2.30. The SMILES string of the molecule is C#Cc1cccc(NC(=O)CN=C(NCC)N2CCC3(CCOC3)C2)c1.I. The standard InChI is InChI=1S/C20H26N4O2.HI/c1-3-16-6-5-7-17(12-16)23-18(25)13-22-19(21-4-2)24-10-8-20(14-24)9-11-26-15-20;/h1,5-7,12H,4,8-11,13-15H2,2H3,(H,21,22)(H,23,25);1H. The van der Waals surface area contributed by atoms with Crippen molar-refractivity contribution in [2.75, 3.05) is 44.7 Å². The molecule has 3 rings (SSSR count). The van der Waals surface area contributed by atoms with Gasteiger partial charge in [-0.25, -0.2) is 4.99 Å². The molecule has 1 amide bonds. The molecule has 0 aliphatic carbocycles. The maximum absolute atomic E-state index is 12.2. The Labute approximate surface area is 178 Å². The van der Waals surface area contributed by atoms with Gasteiger partial charge in [0.15, 0.2) is 5.96 Å². The number of halogens is 1. The van der Waals surface area contributed by atoms with Gasteiger partial charge in [-0.05, 0) is 38.0 Å². The summed E-state index contributed by atoms with van der Waals surface area (Å²) in [6.45, 7) is 6.43. The number of hydrogen-bond acceptors (Lipinski definition) is 3. The largest absolute Gasteiger partial charge is 0.381 e. The molecule has 2 saturated heterocycles. The second-order valence-corrected chi connectivity index (χ2v) is 6.92. The number of carbonyl (C=O) groups excluding carboxylic acids is 1. The van der Waals surface area contributed by atoms with Crippen molar-refractivity contribution >= 4 is 41.5 Å². The number of hydrogen-bond donors (Lipinski definition) is 2. The molecule has 2 aliphatic heterocycles. The summed E-state index contributed by atoms with van der Waals surface area (Å²) < 4.78 is 5.59. The van der Waals surface area contributed by atoms with Gasteiger partial charge in [-0.3, -0.25) is 4.79 Å². The summed E-state index contributed by atoms with van der Waals surface area (Å²) in [5, 5.41) is 6.14. The molecule has 1 unspecified atom stereocenters. The van der Waals surface area contributed by atoms with Crippen molar-refractivity contribution in [2.24, 2.45) is 10.4 Å². The minimum absolute atomic E-state index is 0. The third-order valence-electron chi connectivity index (χ3n) is 4.94. The topological polar surface area (TPSA) is 66.0 Å². The van der Waals surface area contributed by atoms with Crippen molar-refractivity contribution in [2.45, 2.75) is 19.8 Å². The van der Waals surface area contributed by atoms with Crippen molar-refractivity contribution in [1.82, 2.24) is 10.2 Å². The lowest BCUT2D eigenvalue weighted by molar-refractivity contribution is -0.114. The van der Waals surface area contributed by atoms with Crippen LogP contribution in [-0.2, 0) is 9.53 Å². The molecule has 1 atom stereocenters. The number of guanidine groups is 1. The molecule has 2 heterocycles. The molecule has 2 N–H and O–H groups in total. The van der Waals surface area contributed by atoms with E-state index in [0.717, 1.165) is 57.2 Å². The van der Waals surface area contributed by atoms with Crippen LogP contribution in [0.2, 0.25) is 0 Å². The molecule has 1 spiro atoms. The zero-order valence-corrected chi connectivity index (χ0v) is 18.0. The van der Waals surface area contributed by atoms with E-state index in [9.17, 15) is 4.79 Å². The number of amides is 1. The molecule has 0 radical (unpaired) electrons. The summed E-state index contributed by atoms with van der Waals surface area (Å²) in [6, 6.07) is 7.24. The Morgan fingerprint density at radius 1 is 1.44 bits per heavy atom. The number of anilines is 1. The minimum atomic E-state index is -0.160. The monoisotopic (exact) mass is 482 g/mol. The van der Waals surface area contributed by atoms with Gasteiger partial charge in [0.2, 0.25) is 5.91 Å². The highest BCUT2D eigenvalue weighted by atomic mass is 127. The fourth-order valence-electron chi connectivity index (χ4n) is 3.55. The molecular weight excluding hydrogens is 455 g/mol. The Balaban J connectivity index is 0.00000261. The van der Waals surface area contributed by atoms with Crippen molar-refractivity contribution in [3.8, 4) is 12.3 Å². The van der Waals surface area contributed by atoms with Crippen LogP contribution in [0.4, 0.5) is 5.69 Å². The van der Waals surface area contributed by atoms with Crippen LogP contribution in [-0.4, -0.2) is 56.2 Å². The molecule has 6 nitrogen and oxygen atoms in total. The normalized spacial score (nSPS) is 21.6. The van der Waals surface area contributed by atoms with Gasteiger partial charge in [-0.2, -0.15) is 0 Å². The van der Waals surface area contributed by atoms with Crippen LogP contribution >= 0.6 is 24.0 Å². The molecule has 2 fully saturated rings. The fraction of sp³-hybridized carbons (Fsp3) is 0.500. The first-order valence-corrected chi connectivity index (χ1v) is 9.12. The number of likely N-dealkylation sites (tertiary alicyclic amines) is 1. The molecule has 146 valence electrons. The van der Waals surface area contributed by atoms with Gasteiger partial charge in [-0.15, -0.1) is 30.4 Å². The number of aliphatic imine (C=N–C) groups is 1. The van der Waals surface area contributed by atoms with Crippen LogP contribution in [0.15, 0.2) is 29.3 Å². The van der Waals surface area contributed by atoms with Crippen LogP contribution in [0.25, 0.3) is 0 Å². The summed E-state index contributed by atoms with van der Waals surface area (Å²) in [5.74, 6) is 3.20. The zero-order valence-electron chi connectivity index (χ0n) is 15.7. The van der Waals surface area contributed by atoms with E-state index in [1.807, 2.05) is 25.1 Å². The van der Waals surface area contributed by atoms with E-state index in [0.29, 0.717) is 5.69 Å². The lowest BCUT2D eigenvalue weighted by Gasteiger charge is -2.24. The predicted molar refractivity (Wildman–Crippen MR) is 118 cm³/mol. The van der Waals surface area contributed by atoms with E-state index < -0.39 is 0 Å². The van der Waals surface area contributed by atoms with Crippen molar-refractivity contribution in [3.63, 3.8) is 0 Å². The highest BCUT2D eigenvalue weighted by Crippen LogP contribution is 2.38. The van der Waals surface area contributed by atoms with E-state index in [-0.39, 0.29) is 41.8 Å². The van der Waals surface area contributed by atoms with E-state index in [1.165, 1.54) is 0 Å². The maximum Gasteiger partial charge on any atom is 0.246 e. The highest BCUT2D eigenvalue weighted by Gasteiger charge is 2.42. The van der Waals surface area contributed by atoms with E-state index in [2.05, 4.69) is 26.4 Å². The molecule has 0 bridgehead atoms. The highest BCUT2D eigenvalue weighted by molar-refractivity contribution is 14.0. The van der Waals surface area contributed by atoms with Crippen molar-refractivity contribution in [3.05, 3.63) is 29.8 Å². The van der Waals surface area contributed by atoms with Crippen molar-refractivity contribution in [1.29, 1.82) is 0 Å². The second kappa shape index (κ2) is 9.95. The average molecular weight is 482 g/mol. The molecule has 0 aromatic heterocycles. The lowest BCUT2D eigenvalue weighted by Crippen LogP contribution is -2.42.